The van der Waals surface area contributed by atoms with Crippen LogP contribution in [0.25, 0.3) is 21.6 Å². The molecule has 0 atom stereocenters. The first-order valence-corrected chi connectivity index (χ1v) is 10.3. The zero-order valence-electron chi connectivity index (χ0n) is 14.8. The van der Waals surface area contributed by atoms with Gasteiger partial charge in [0.2, 0.25) is 0 Å². The predicted molar refractivity (Wildman–Crippen MR) is 105 cm³/mol. The van der Waals surface area contributed by atoms with E-state index in [-0.39, 0.29) is 0 Å². The molecule has 5 nitrogen and oxygen atoms in total. The van der Waals surface area contributed by atoms with E-state index in [0.29, 0.717) is 0 Å². The molecule has 0 amide bonds. The van der Waals surface area contributed by atoms with Crippen molar-refractivity contribution in [3.63, 3.8) is 0 Å². The number of fused-ring (bicyclic) bond motifs is 3. The lowest BCUT2D eigenvalue weighted by molar-refractivity contribution is 0.122. The Labute approximate surface area is 157 Å². The second-order valence-electron chi connectivity index (χ2n) is 6.96. The highest BCUT2D eigenvalue weighted by Crippen LogP contribution is 2.40. The molecule has 6 heteroatoms. The number of thiophene rings is 1. The molecule has 3 aromatic rings. The van der Waals surface area contributed by atoms with Gasteiger partial charge in [0, 0.05) is 35.9 Å². The zero-order chi connectivity index (χ0) is 17.3. The molecular weight excluding hydrogens is 344 g/mol. The summed E-state index contributed by atoms with van der Waals surface area (Å²) >= 11 is 1.87. The van der Waals surface area contributed by atoms with Crippen molar-refractivity contribution < 1.29 is 4.74 Å². The second-order valence-corrected chi connectivity index (χ2v) is 8.04. The number of rotatable bonds is 2. The molecule has 1 fully saturated rings. The third kappa shape index (κ3) is 2.87. The number of aryl methyl sites for hydroxylation is 2. The quantitative estimate of drug-likeness (QED) is 0.645. The minimum absolute atomic E-state index is 0.764. The van der Waals surface area contributed by atoms with Crippen LogP contribution in [-0.4, -0.2) is 41.3 Å². The first kappa shape index (κ1) is 16.1. The Morgan fingerprint density at radius 2 is 1.92 bits per heavy atom. The van der Waals surface area contributed by atoms with Crippen LogP contribution in [0.5, 0.6) is 0 Å². The fraction of sp³-hybridized carbons (Fsp3) is 0.450. The largest absolute Gasteiger partial charge is 0.378 e. The van der Waals surface area contributed by atoms with Gasteiger partial charge in [-0.25, -0.2) is 9.97 Å². The summed E-state index contributed by atoms with van der Waals surface area (Å²) in [6.07, 6.45) is 9.86. The number of hydrogen-bond donors (Lipinski definition) is 0. The smallest absolute Gasteiger partial charge is 0.164 e. The third-order valence-corrected chi connectivity index (χ3v) is 6.46. The first-order chi connectivity index (χ1) is 12.9. The van der Waals surface area contributed by atoms with E-state index in [4.69, 9.17) is 14.7 Å². The van der Waals surface area contributed by atoms with Crippen molar-refractivity contribution in [3.05, 3.63) is 35.0 Å². The highest BCUT2D eigenvalue weighted by molar-refractivity contribution is 7.19. The molecule has 4 heterocycles. The number of nitrogens with zero attached hydrogens (tertiary/aromatic N) is 4. The summed E-state index contributed by atoms with van der Waals surface area (Å²) in [6, 6.07) is 3.98. The van der Waals surface area contributed by atoms with Crippen LogP contribution >= 0.6 is 11.3 Å². The van der Waals surface area contributed by atoms with E-state index in [1.54, 1.807) is 6.20 Å². The van der Waals surface area contributed by atoms with E-state index in [1.165, 1.54) is 41.5 Å². The van der Waals surface area contributed by atoms with Crippen LogP contribution in [0.3, 0.4) is 0 Å². The van der Waals surface area contributed by atoms with Gasteiger partial charge in [0.25, 0.3) is 0 Å². The monoisotopic (exact) mass is 366 g/mol. The van der Waals surface area contributed by atoms with E-state index < -0.39 is 0 Å². The fourth-order valence-corrected chi connectivity index (χ4v) is 5.20. The Morgan fingerprint density at radius 3 is 2.77 bits per heavy atom. The zero-order valence-corrected chi connectivity index (χ0v) is 15.6. The molecule has 1 aliphatic heterocycles. The van der Waals surface area contributed by atoms with E-state index in [2.05, 4.69) is 9.88 Å². The molecule has 134 valence electrons. The van der Waals surface area contributed by atoms with Gasteiger partial charge in [-0.15, -0.1) is 11.3 Å². The normalized spacial score (nSPS) is 17.9. The van der Waals surface area contributed by atoms with Gasteiger partial charge < -0.3 is 9.64 Å². The van der Waals surface area contributed by atoms with Crippen LogP contribution in [-0.2, 0) is 17.6 Å². The molecule has 0 aromatic carbocycles. The van der Waals surface area contributed by atoms with Gasteiger partial charge in [-0.05, 0) is 43.4 Å². The molecule has 0 unspecified atom stereocenters. The number of ether oxygens (including phenoxy) is 1. The maximum absolute atomic E-state index is 5.57. The van der Waals surface area contributed by atoms with Gasteiger partial charge in [-0.1, -0.05) is 6.42 Å². The van der Waals surface area contributed by atoms with Crippen LogP contribution < -0.4 is 4.90 Å². The SMILES string of the molecule is c1cncc(-c2nc(N3CCOCC3)c3c4c(sc3n2)CCCCC4)c1. The number of hydrogen-bond acceptors (Lipinski definition) is 6. The summed E-state index contributed by atoms with van der Waals surface area (Å²) < 4.78 is 5.57. The molecular formula is C20H22N4OS. The van der Waals surface area contributed by atoms with Crippen LogP contribution in [0.15, 0.2) is 24.5 Å². The minimum atomic E-state index is 0.764. The van der Waals surface area contributed by atoms with Crippen LogP contribution in [0.4, 0.5) is 5.82 Å². The molecule has 0 N–H and O–H groups in total. The van der Waals surface area contributed by atoms with Crippen LogP contribution in [0, 0.1) is 0 Å². The van der Waals surface area contributed by atoms with E-state index in [9.17, 15) is 0 Å². The van der Waals surface area contributed by atoms with Gasteiger partial charge in [-0.2, -0.15) is 0 Å². The van der Waals surface area contributed by atoms with Crippen molar-refractivity contribution in [1.29, 1.82) is 0 Å². The van der Waals surface area contributed by atoms with E-state index in [1.807, 2.05) is 29.7 Å². The Morgan fingerprint density at radius 1 is 1.04 bits per heavy atom. The third-order valence-electron chi connectivity index (χ3n) is 5.28. The molecule has 2 aliphatic rings. The van der Waals surface area contributed by atoms with Crippen molar-refractivity contribution in [2.75, 3.05) is 31.2 Å². The van der Waals surface area contributed by atoms with E-state index >= 15 is 0 Å². The van der Waals surface area contributed by atoms with Crippen molar-refractivity contribution >= 4 is 27.4 Å². The number of anilines is 1. The highest BCUT2D eigenvalue weighted by atomic mass is 32.1. The van der Waals surface area contributed by atoms with Crippen molar-refractivity contribution in [1.82, 2.24) is 15.0 Å². The summed E-state index contributed by atoms with van der Waals surface area (Å²) in [5.41, 5.74) is 2.48. The summed E-state index contributed by atoms with van der Waals surface area (Å²) in [5, 5.41) is 1.29. The number of aromatic nitrogens is 3. The molecule has 1 saturated heterocycles. The maximum Gasteiger partial charge on any atom is 0.164 e. The Hall–Kier alpha value is -2.05. The van der Waals surface area contributed by atoms with Crippen molar-refractivity contribution in [3.8, 4) is 11.4 Å². The molecule has 5 rings (SSSR count). The standard InChI is InChI=1S/C20H22N4OS/c1-2-6-15-16(7-3-1)26-20-17(15)19(24-9-11-25-12-10-24)22-18(23-20)14-5-4-8-21-13-14/h4-5,8,13H,1-3,6-7,9-12H2. The number of pyridine rings is 1. The topological polar surface area (TPSA) is 51.1 Å². The molecule has 3 aromatic heterocycles. The lowest BCUT2D eigenvalue weighted by Gasteiger charge is -2.29. The lowest BCUT2D eigenvalue weighted by atomic mass is 10.1. The second kappa shape index (κ2) is 6.93. The fourth-order valence-electron chi connectivity index (χ4n) is 3.94. The van der Waals surface area contributed by atoms with Crippen molar-refractivity contribution in [2.45, 2.75) is 32.1 Å². The average Bonchev–Trinajstić information content (AvgIpc) is 2.89. The summed E-state index contributed by atoms with van der Waals surface area (Å²) in [6.45, 7) is 3.31. The Bertz CT molecular complexity index is 918. The van der Waals surface area contributed by atoms with Gasteiger partial charge >= 0.3 is 0 Å². The summed E-state index contributed by atoms with van der Waals surface area (Å²) in [7, 11) is 0. The van der Waals surface area contributed by atoms with E-state index in [0.717, 1.165) is 54.8 Å². The molecule has 0 saturated carbocycles. The Kier molecular flexibility index (Phi) is 4.30. The minimum Gasteiger partial charge on any atom is -0.378 e. The van der Waals surface area contributed by atoms with Crippen molar-refractivity contribution in [2.24, 2.45) is 0 Å². The average molecular weight is 366 g/mol. The molecule has 0 radical (unpaired) electrons. The lowest BCUT2D eigenvalue weighted by Crippen LogP contribution is -2.37. The predicted octanol–water partition coefficient (Wildman–Crippen LogP) is 3.86. The van der Waals surface area contributed by atoms with Gasteiger partial charge in [0.05, 0.1) is 18.6 Å². The van der Waals surface area contributed by atoms with Gasteiger partial charge in [0.15, 0.2) is 5.82 Å². The first-order valence-electron chi connectivity index (χ1n) is 9.45. The van der Waals surface area contributed by atoms with Gasteiger partial charge in [0.1, 0.15) is 10.6 Å². The summed E-state index contributed by atoms with van der Waals surface area (Å²) in [5.74, 6) is 1.88. The molecule has 26 heavy (non-hydrogen) atoms. The maximum atomic E-state index is 5.57. The Balaban J connectivity index is 1.72. The molecule has 0 bridgehead atoms. The summed E-state index contributed by atoms with van der Waals surface area (Å²) in [4.78, 5) is 19.3. The van der Waals surface area contributed by atoms with Crippen LogP contribution in [0.2, 0.25) is 0 Å². The molecule has 1 aliphatic carbocycles. The highest BCUT2D eigenvalue weighted by Gasteiger charge is 2.24. The number of morpholine rings is 1. The molecule has 0 spiro atoms. The van der Waals surface area contributed by atoms with Crippen LogP contribution in [0.1, 0.15) is 29.7 Å². The van der Waals surface area contributed by atoms with Gasteiger partial charge in [-0.3, -0.25) is 4.98 Å².